The number of para-hydroxylation sites is 2. The average Bonchev–Trinajstić information content (AvgIpc) is 3.46. The van der Waals surface area contributed by atoms with Gasteiger partial charge in [0, 0.05) is 17.6 Å². The summed E-state index contributed by atoms with van der Waals surface area (Å²) >= 11 is 0. The quantitative estimate of drug-likeness (QED) is 0.350. The van der Waals surface area contributed by atoms with Gasteiger partial charge in [-0.25, -0.2) is 15.0 Å². The van der Waals surface area contributed by atoms with Crippen molar-refractivity contribution in [1.29, 1.82) is 0 Å². The largest absolute Gasteiger partial charge is 0.276 e. The van der Waals surface area contributed by atoms with Crippen molar-refractivity contribution in [3.05, 3.63) is 99.7 Å². The third kappa shape index (κ3) is 3.56. The van der Waals surface area contributed by atoms with E-state index in [-0.39, 0.29) is 0 Å². The molecule has 0 saturated carbocycles. The number of hydrogen-bond acceptors (Lipinski definition) is 7. The van der Waals surface area contributed by atoms with E-state index in [0.29, 0.717) is 5.82 Å². The van der Waals surface area contributed by atoms with Crippen LogP contribution in [0, 0.1) is 41.5 Å². The highest BCUT2D eigenvalue weighted by Crippen LogP contribution is 2.50. The van der Waals surface area contributed by atoms with E-state index in [1.54, 1.807) is 17.0 Å². The summed E-state index contributed by atoms with van der Waals surface area (Å²) in [6.07, 6.45) is 7.70. The van der Waals surface area contributed by atoms with Gasteiger partial charge >= 0.3 is 0 Å². The van der Waals surface area contributed by atoms with E-state index in [0.717, 1.165) is 67.6 Å². The number of aromatic nitrogens is 6. The van der Waals surface area contributed by atoms with E-state index in [4.69, 9.17) is 9.97 Å². The summed E-state index contributed by atoms with van der Waals surface area (Å²) in [7, 11) is 0. The number of aryl methyl sites for hydroxylation is 6. The predicted molar refractivity (Wildman–Crippen MR) is 146 cm³/mol. The Bertz CT molecular complexity index is 1640. The zero-order valence-corrected chi connectivity index (χ0v) is 21.9. The van der Waals surface area contributed by atoms with Gasteiger partial charge in [0.15, 0.2) is 17.3 Å². The van der Waals surface area contributed by atoms with Crippen LogP contribution in [-0.4, -0.2) is 29.8 Å². The minimum absolute atomic E-state index is 0.695. The molecule has 37 heavy (non-hydrogen) atoms. The van der Waals surface area contributed by atoms with Gasteiger partial charge in [0.1, 0.15) is 11.6 Å². The number of anilines is 4. The Kier molecular flexibility index (Phi) is 5.26. The van der Waals surface area contributed by atoms with Gasteiger partial charge in [-0.05, 0) is 75.9 Å². The fourth-order valence-electron chi connectivity index (χ4n) is 5.22. The minimum atomic E-state index is 0.695. The summed E-state index contributed by atoms with van der Waals surface area (Å²) in [5.74, 6) is 3.22. The van der Waals surface area contributed by atoms with Crippen molar-refractivity contribution < 1.29 is 0 Å². The van der Waals surface area contributed by atoms with Crippen molar-refractivity contribution in [3.8, 4) is 0 Å². The molecule has 0 unspecified atom stereocenters. The molecule has 6 rings (SSSR count). The van der Waals surface area contributed by atoms with Crippen LogP contribution in [0.1, 0.15) is 33.8 Å². The molecule has 0 fully saturated rings. The fourth-order valence-corrected chi connectivity index (χ4v) is 5.22. The Hall–Kier alpha value is -4.59. The third-order valence-electron chi connectivity index (χ3n) is 6.84. The first-order chi connectivity index (χ1) is 17.8. The summed E-state index contributed by atoms with van der Waals surface area (Å²) in [6.45, 7) is 12.4. The van der Waals surface area contributed by atoms with Crippen LogP contribution in [0.15, 0.2) is 60.7 Å². The lowest BCUT2D eigenvalue weighted by atomic mass is 10.1. The molecular weight excluding hydrogens is 460 g/mol. The zero-order chi connectivity index (χ0) is 25.8. The van der Waals surface area contributed by atoms with Gasteiger partial charge in [-0.2, -0.15) is 5.10 Å². The number of benzene rings is 2. The minimum Gasteiger partial charge on any atom is -0.276 e. The van der Waals surface area contributed by atoms with Gasteiger partial charge in [0.25, 0.3) is 0 Å². The van der Waals surface area contributed by atoms with Gasteiger partial charge in [0.05, 0.1) is 17.1 Å². The normalized spacial score (nSPS) is 13.7. The highest BCUT2D eigenvalue weighted by atomic mass is 15.5. The lowest BCUT2D eigenvalue weighted by Crippen LogP contribution is -2.24. The van der Waals surface area contributed by atoms with Gasteiger partial charge < -0.3 is 0 Å². The van der Waals surface area contributed by atoms with Crippen LogP contribution in [0.5, 0.6) is 0 Å². The molecule has 4 heterocycles. The second-order valence-electron chi connectivity index (χ2n) is 9.52. The Balaban J connectivity index is 1.68. The van der Waals surface area contributed by atoms with E-state index >= 15 is 0 Å². The molecule has 0 atom stereocenters. The summed E-state index contributed by atoms with van der Waals surface area (Å²) in [6, 6.07) is 12.7. The summed E-state index contributed by atoms with van der Waals surface area (Å²) in [4.78, 5) is 18.7. The molecule has 184 valence electrons. The Morgan fingerprint density at radius 3 is 1.68 bits per heavy atom. The second-order valence-corrected chi connectivity index (χ2v) is 9.52. The van der Waals surface area contributed by atoms with Crippen molar-refractivity contribution in [3.63, 3.8) is 0 Å². The maximum absolute atomic E-state index is 4.83. The number of rotatable bonds is 3. The molecule has 1 aliphatic rings. The Morgan fingerprint density at radius 2 is 1.16 bits per heavy atom. The summed E-state index contributed by atoms with van der Waals surface area (Å²) in [5.41, 5.74) is 8.45. The Morgan fingerprint density at radius 1 is 0.649 bits per heavy atom. The number of allylic oxidation sites excluding steroid dienone is 1. The number of hydrogen-bond donors (Lipinski definition) is 0. The fraction of sp³-hybridized carbons (Fsp3) is 0.207. The zero-order valence-electron chi connectivity index (χ0n) is 21.9. The van der Waals surface area contributed by atoms with Gasteiger partial charge in [0.2, 0.25) is 0 Å². The number of nitrogens with zero attached hydrogens (tertiary/aromatic N) is 8. The molecule has 1 aliphatic heterocycles. The summed E-state index contributed by atoms with van der Waals surface area (Å²) in [5, 5.41) is 9.89. The smallest absolute Gasteiger partial charge is 0.185 e. The van der Waals surface area contributed by atoms with Crippen LogP contribution in [0.2, 0.25) is 0 Å². The van der Waals surface area contributed by atoms with Crippen LogP contribution in [0.4, 0.5) is 23.0 Å². The second kappa shape index (κ2) is 8.51. The summed E-state index contributed by atoms with van der Waals surface area (Å²) < 4.78 is 1.61. The molecule has 0 amide bonds. The van der Waals surface area contributed by atoms with Crippen LogP contribution >= 0.6 is 0 Å². The highest BCUT2D eigenvalue weighted by Gasteiger charge is 2.38. The average molecular weight is 489 g/mol. The van der Waals surface area contributed by atoms with Gasteiger partial charge in [-0.15, -0.1) is 9.73 Å². The van der Waals surface area contributed by atoms with Crippen molar-refractivity contribution in [2.45, 2.75) is 41.5 Å². The maximum atomic E-state index is 4.83. The van der Waals surface area contributed by atoms with E-state index in [2.05, 4.69) is 101 Å². The molecular formula is C29H28N8. The molecule has 0 saturated heterocycles. The molecule has 0 N–H and O–H groups in total. The molecule has 0 bridgehead atoms. The Labute approximate surface area is 215 Å². The van der Waals surface area contributed by atoms with E-state index in [9.17, 15) is 0 Å². The van der Waals surface area contributed by atoms with Crippen molar-refractivity contribution in [1.82, 2.24) is 29.8 Å². The maximum Gasteiger partial charge on any atom is 0.185 e. The molecule has 8 heteroatoms. The first kappa shape index (κ1) is 22.8. The molecule has 2 aromatic carbocycles. The number of fused-ring (bicyclic) bond motifs is 2. The van der Waals surface area contributed by atoms with Crippen LogP contribution in [0.3, 0.4) is 0 Å². The standard InChI is InChI=1S/C29H28N8/c1-17-9-7-10-18(2)25(17)35-24(14-13-23-21(5)33-37-27(23)32-22(6)34-37)36(29-28(35)30-15-16-31-29)26-19(3)11-8-12-20(26)4/h7-16H,1-6H3/b23-13-. The van der Waals surface area contributed by atoms with Gasteiger partial charge in [-0.1, -0.05) is 36.4 Å². The topological polar surface area (TPSA) is 75.3 Å². The molecule has 5 aromatic rings. The van der Waals surface area contributed by atoms with Crippen LogP contribution < -0.4 is 15.0 Å². The monoisotopic (exact) mass is 488 g/mol. The molecule has 8 nitrogen and oxygen atoms in total. The van der Waals surface area contributed by atoms with E-state index in [1.165, 1.54) is 0 Å². The van der Waals surface area contributed by atoms with E-state index < -0.39 is 0 Å². The van der Waals surface area contributed by atoms with Gasteiger partial charge in [-0.3, -0.25) is 9.80 Å². The van der Waals surface area contributed by atoms with Crippen LogP contribution in [0.25, 0.3) is 11.7 Å². The van der Waals surface area contributed by atoms with Crippen LogP contribution in [-0.2, 0) is 0 Å². The first-order valence-electron chi connectivity index (χ1n) is 12.3. The lowest BCUT2D eigenvalue weighted by molar-refractivity contribution is 0.793. The first-order valence-corrected chi connectivity index (χ1v) is 12.3. The van der Waals surface area contributed by atoms with E-state index in [1.807, 2.05) is 13.8 Å². The van der Waals surface area contributed by atoms with Crippen molar-refractivity contribution in [2.75, 3.05) is 9.80 Å². The molecule has 0 radical (unpaired) electrons. The van der Waals surface area contributed by atoms with Crippen molar-refractivity contribution in [2.24, 2.45) is 0 Å². The molecule has 3 aromatic heterocycles. The third-order valence-corrected chi connectivity index (χ3v) is 6.84. The molecule has 0 aliphatic carbocycles. The predicted octanol–water partition coefficient (Wildman–Crippen LogP) is 5.10. The van der Waals surface area contributed by atoms with Crippen molar-refractivity contribution >= 4 is 34.7 Å². The highest BCUT2D eigenvalue weighted by molar-refractivity contribution is 5.92. The lowest BCUT2D eigenvalue weighted by Gasteiger charge is -2.28. The molecule has 0 spiro atoms. The SMILES string of the molecule is Cc1nc2/c(=C\C=C3N(c4c(C)cccc4C)c4nccnc4N3c3c(C)cccc3C)c(C)nn2n1.